The SMILES string of the molecule is CCN(CC)c1ccc(NC(=O)c2cccc3ccccc23)cc1N. The Balaban J connectivity index is 1.87. The van der Waals surface area contributed by atoms with Gasteiger partial charge in [-0.05, 0) is 48.9 Å². The fourth-order valence-electron chi connectivity index (χ4n) is 3.11. The monoisotopic (exact) mass is 333 g/mol. The molecule has 0 bridgehead atoms. The van der Waals surface area contributed by atoms with E-state index in [4.69, 9.17) is 5.73 Å². The number of nitrogen functional groups attached to an aromatic ring is 1. The highest BCUT2D eigenvalue weighted by atomic mass is 16.1. The normalized spacial score (nSPS) is 10.6. The summed E-state index contributed by atoms with van der Waals surface area (Å²) in [7, 11) is 0. The van der Waals surface area contributed by atoms with Crippen molar-refractivity contribution in [3.05, 3.63) is 66.2 Å². The van der Waals surface area contributed by atoms with Crippen molar-refractivity contribution in [2.75, 3.05) is 29.0 Å². The second kappa shape index (κ2) is 7.26. The van der Waals surface area contributed by atoms with Gasteiger partial charge in [-0.2, -0.15) is 0 Å². The Labute approximate surface area is 148 Å². The largest absolute Gasteiger partial charge is 0.397 e. The molecule has 0 spiro atoms. The summed E-state index contributed by atoms with van der Waals surface area (Å²) >= 11 is 0. The summed E-state index contributed by atoms with van der Waals surface area (Å²) in [6.07, 6.45) is 0. The molecule has 0 saturated carbocycles. The van der Waals surface area contributed by atoms with Gasteiger partial charge in [0.1, 0.15) is 0 Å². The third-order valence-corrected chi connectivity index (χ3v) is 4.42. The molecule has 0 atom stereocenters. The number of nitrogens with zero attached hydrogens (tertiary/aromatic N) is 1. The summed E-state index contributed by atoms with van der Waals surface area (Å²) < 4.78 is 0. The second-order valence-corrected chi connectivity index (χ2v) is 5.93. The van der Waals surface area contributed by atoms with Gasteiger partial charge in [-0.25, -0.2) is 0 Å². The van der Waals surface area contributed by atoms with E-state index in [1.54, 1.807) is 0 Å². The van der Waals surface area contributed by atoms with Crippen molar-refractivity contribution in [1.29, 1.82) is 0 Å². The number of benzene rings is 3. The van der Waals surface area contributed by atoms with E-state index in [-0.39, 0.29) is 5.91 Å². The van der Waals surface area contributed by atoms with E-state index in [1.807, 2.05) is 60.7 Å². The molecule has 0 fully saturated rings. The summed E-state index contributed by atoms with van der Waals surface area (Å²) in [6.45, 7) is 5.98. The van der Waals surface area contributed by atoms with Gasteiger partial charge in [-0.15, -0.1) is 0 Å². The van der Waals surface area contributed by atoms with Gasteiger partial charge in [-0.1, -0.05) is 36.4 Å². The van der Waals surface area contributed by atoms with Crippen LogP contribution >= 0.6 is 0 Å². The van der Waals surface area contributed by atoms with Gasteiger partial charge < -0.3 is 16.0 Å². The van der Waals surface area contributed by atoms with E-state index in [1.165, 1.54) is 0 Å². The van der Waals surface area contributed by atoms with Crippen molar-refractivity contribution in [3.8, 4) is 0 Å². The molecule has 0 radical (unpaired) electrons. The van der Waals surface area contributed by atoms with E-state index in [2.05, 4.69) is 24.1 Å². The second-order valence-electron chi connectivity index (χ2n) is 5.93. The van der Waals surface area contributed by atoms with Gasteiger partial charge in [0.25, 0.3) is 5.91 Å². The van der Waals surface area contributed by atoms with Crippen LogP contribution in [0, 0.1) is 0 Å². The number of fused-ring (bicyclic) bond motifs is 1. The standard InChI is InChI=1S/C21H23N3O/c1-3-24(4-2)20-13-12-16(14-19(20)22)23-21(25)18-11-7-9-15-8-5-6-10-17(15)18/h5-14H,3-4,22H2,1-2H3,(H,23,25). The maximum Gasteiger partial charge on any atom is 0.256 e. The maximum atomic E-state index is 12.7. The molecule has 0 heterocycles. The van der Waals surface area contributed by atoms with E-state index in [0.29, 0.717) is 16.9 Å². The predicted octanol–water partition coefficient (Wildman–Crippen LogP) is 4.52. The van der Waals surface area contributed by atoms with Crippen molar-refractivity contribution in [3.63, 3.8) is 0 Å². The van der Waals surface area contributed by atoms with Crippen LogP contribution in [0.2, 0.25) is 0 Å². The van der Waals surface area contributed by atoms with Crippen LogP contribution in [-0.2, 0) is 0 Å². The average molecular weight is 333 g/mol. The van der Waals surface area contributed by atoms with Crippen LogP contribution in [0.3, 0.4) is 0 Å². The van der Waals surface area contributed by atoms with Gasteiger partial charge in [0.05, 0.1) is 11.4 Å². The van der Waals surface area contributed by atoms with Crippen LogP contribution in [0.4, 0.5) is 17.1 Å². The smallest absolute Gasteiger partial charge is 0.256 e. The summed E-state index contributed by atoms with van der Waals surface area (Å²) in [5, 5.41) is 4.94. The highest BCUT2D eigenvalue weighted by molar-refractivity contribution is 6.13. The van der Waals surface area contributed by atoms with Crippen molar-refractivity contribution in [2.45, 2.75) is 13.8 Å². The Kier molecular flexibility index (Phi) is 4.89. The van der Waals surface area contributed by atoms with E-state index < -0.39 is 0 Å². The van der Waals surface area contributed by atoms with Crippen LogP contribution in [0.1, 0.15) is 24.2 Å². The van der Waals surface area contributed by atoms with Crippen LogP contribution < -0.4 is 16.0 Å². The molecule has 0 unspecified atom stereocenters. The minimum absolute atomic E-state index is 0.133. The Morgan fingerprint density at radius 3 is 2.44 bits per heavy atom. The molecule has 0 saturated heterocycles. The average Bonchev–Trinajstić information content (AvgIpc) is 2.63. The first-order valence-corrected chi connectivity index (χ1v) is 8.57. The quantitative estimate of drug-likeness (QED) is 0.675. The molecular formula is C21H23N3O. The summed E-state index contributed by atoms with van der Waals surface area (Å²) in [5.74, 6) is -0.133. The number of nitrogens with two attached hydrogens (primary N) is 1. The lowest BCUT2D eigenvalue weighted by molar-refractivity contribution is 0.102. The molecule has 3 rings (SSSR count). The number of amides is 1. The molecule has 3 N–H and O–H groups in total. The van der Waals surface area contributed by atoms with Gasteiger partial charge >= 0.3 is 0 Å². The third kappa shape index (κ3) is 3.43. The molecule has 4 nitrogen and oxygen atoms in total. The number of rotatable bonds is 5. The molecule has 0 aliphatic rings. The summed E-state index contributed by atoms with van der Waals surface area (Å²) in [6, 6.07) is 19.3. The number of nitrogens with one attached hydrogen (secondary N) is 1. The van der Waals surface area contributed by atoms with Gasteiger partial charge in [-0.3, -0.25) is 4.79 Å². The van der Waals surface area contributed by atoms with Gasteiger partial charge in [0.15, 0.2) is 0 Å². The molecule has 25 heavy (non-hydrogen) atoms. The fraction of sp³-hybridized carbons (Fsp3) is 0.190. The topological polar surface area (TPSA) is 58.4 Å². The van der Waals surface area contributed by atoms with Crippen LogP contribution in [0.15, 0.2) is 60.7 Å². The zero-order chi connectivity index (χ0) is 17.8. The van der Waals surface area contributed by atoms with E-state index in [9.17, 15) is 4.79 Å². The third-order valence-electron chi connectivity index (χ3n) is 4.42. The lowest BCUT2D eigenvalue weighted by atomic mass is 10.0. The minimum Gasteiger partial charge on any atom is -0.397 e. The first kappa shape index (κ1) is 16.8. The van der Waals surface area contributed by atoms with Crippen molar-refractivity contribution in [1.82, 2.24) is 0 Å². The maximum absolute atomic E-state index is 12.7. The molecular weight excluding hydrogens is 310 g/mol. The zero-order valence-corrected chi connectivity index (χ0v) is 14.6. The Bertz CT molecular complexity index is 895. The van der Waals surface area contributed by atoms with E-state index >= 15 is 0 Å². The molecule has 3 aromatic carbocycles. The highest BCUT2D eigenvalue weighted by Crippen LogP contribution is 2.27. The van der Waals surface area contributed by atoms with Crippen LogP contribution in [0.5, 0.6) is 0 Å². The zero-order valence-electron chi connectivity index (χ0n) is 14.6. The molecule has 0 aromatic heterocycles. The Hall–Kier alpha value is -3.01. The number of hydrogen-bond acceptors (Lipinski definition) is 3. The lowest BCUT2D eigenvalue weighted by Gasteiger charge is -2.23. The highest BCUT2D eigenvalue weighted by Gasteiger charge is 2.12. The Morgan fingerprint density at radius 1 is 1.00 bits per heavy atom. The summed E-state index contributed by atoms with van der Waals surface area (Å²) in [4.78, 5) is 14.9. The summed E-state index contributed by atoms with van der Waals surface area (Å²) in [5.41, 5.74) is 9.20. The van der Waals surface area contributed by atoms with Crippen LogP contribution in [-0.4, -0.2) is 19.0 Å². The van der Waals surface area contributed by atoms with Gasteiger partial charge in [0.2, 0.25) is 0 Å². The van der Waals surface area contributed by atoms with Gasteiger partial charge in [0, 0.05) is 24.3 Å². The fourth-order valence-corrected chi connectivity index (χ4v) is 3.11. The molecule has 0 aliphatic heterocycles. The number of carbonyl (C=O) groups excluding carboxylic acids is 1. The van der Waals surface area contributed by atoms with Crippen LogP contribution in [0.25, 0.3) is 10.8 Å². The number of hydrogen-bond donors (Lipinski definition) is 2. The molecule has 4 heteroatoms. The molecule has 1 amide bonds. The first-order valence-electron chi connectivity index (χ1n) is 8.57. The first-order chi connectivity index (χ1) is 12.1. The van der Waals surface area contributed by atoms with Crippen molar-refractivity contribution >= 4 is 33.7 Å². The molecule has 0 aliphatic carbocycles. The molecule has 128 valence electrons. The predicted molar refractivity (Wildman–Crippen MR) is 106 cm³/mol. The number of carbonyl (C=O) groups is 1. The number of anilines is 3. The van der Waals surface area contributed by atoms with E-state index in [0.717, 1.165) is 29.5 Å². The van der Waals surface area contributed by atoms with Crippen molar-refractivity contribution < 1.29 is 4.79 Å². The lowest BCUT2D eigenvalue weighted by Crippen LogP contribution is -2.23. The Morgan fingerprint density at radius 2 is 1.72 bits per heavy atom. The minimum atomic E-state index is -0.133. The van der Waals surface area contributed by atoms with Crippen molar-refractivity contribution in [2.24, 2.45) is 0 Å². The molecule has 3 aromatic rings.